The molecule has 0 fully saturated rings. The average Bonchev–Trinajstić information content (AvgIpc) is 2.02. The van der Waals surface area contributed by atoms with E-state index < -0.39 is 0 Å². The first-order valence-electron chi connectivity index (χ1n) is 5.25. The van der Waals surface area contributed by atoms with Crippen LogP contribution in [0.5, 0.6) is 0 Å². The Hall–Kier alpha value is 0.440. The molecule has 2 heteroatoms. The fraction of sp³-hybridized carbons (Fsp3) is 1.00. The molecule has 2 unspecified atom stereocenters. The molecule has 0 aromatic rings. The Balaban J connectivity index is 3.16. The average molecular weight is 251 g/mol. The first kappa shape index (κ1) is 13.4. The zero-order valence-electron chi connectivity index (χ0n) is 9.35. The number of hydrogen-bond donors (Lipinski definition) is 0. The maximum absolute atomic E-state index is 5.54. The third kappa shape index (κ3) is 8.76. The second-order valence-electron chi connectivity index (χ2n) is 4.24. The topological polar surface area (TPSA) is 9.23 Å². The molecule has 0 bridgehead atoms. The lowest BCUT2D eigenvalue weighted by molar-refractivity contribution is 0.112. The summed E-state index contributed by atoms with van der Waals surface area (Å²) in [5.74, 6) is 1.46. The summed E-state index contributed by atoms with van der Waals surface area (Å²) in [5, 5.41) is 0. The van der Waals surface area contributed by atoms with Crippen molar-refractivity contribution in [2.45, 2.75) is 45.4 Å². The van der Waals surface area contributed by atoms with Gasteiger partial charge in [-0.1, -0.05) is 43.6 Å². The van der Waals surface area contributed by atoms with E-state index >= 15 is 0 Å². The summed E-state index contributed by atoms with van der Waals surface area (Å²) in [6, 6.07) is 0. The highest BCUT2D eigenvalue weighted by molar-refractivity contribution is 9.09. The van der Waals surface area contributed by atoms with Crippen molar-refractivity contribution >= 4 is 15.9 Å². The van der Waals surface area contributed by atoms with Gasteiger partial charge in [-0.25, -0.2) is 0 Å². The standard InChI is InChI=1S/C11H23BrO/c1-9(2)5-7-13-8-6-10(3)11(4)12/h9-11H,5-8H2,1-4H3. The van der Waals surface area contributed by atoms with E-state index in [2.05, 4.69) is 43.6 Å². The van der Waals surface area contributed by atoms with Crippen LogP contribution in [0.3, 0.4) is 0 Å². The molecular weight excluding hydrogens is 228 g/mol. The van der Waals surface area contributed by atoms with Gasteiger partial charge in [0.2, 0.25) is 0 Å². The van der Waals surface area contributed by atoms with Gasteiger partial charge in [0.05, 0.1) is 0 Å². The number of halogens is 1. The SMILES string of the molecule is CC(C)CCOCCC(C)C(C)Br. The van der Waals surface area contributed by atoms with Crippen LogP contribution in [0.1, 0.15) is 40.5 Å². The highest BCUT2D eigenvalue weighted by atomic mass is 79.9. The lowest BCUT2D eigenvalue weighted by Gasteiger charge is -2.14. The maximum atomic E-state index is 5.54. The summed E-state index contributed by atoms with van der Waals surface area (Å²) in [7, 11) is 0. The van der Waals surface area contributed by atoms with E-state index in [0.29, 0.717) is 10.7 Å². The molecule has 80 valence electrons. The molecule has 0 aliphatic carbocycles. The minimum Gasteiger partial charge on any atom is -0.381 e. The van der Waals surface area contributed by atoms with Gasteiger partial charge in [-0.15, -0.1) is 0 Å². The Morgan fingerprint density at radius 3 is 2.00 bits per heavy atom. The number of rotatable bonds is 7. The van der Waals surface area contributed by atoms with Crippen LogP contribution in [-0.2, 0) is 4.74 Å². The third-order valence-corrected chi connectivity index (χ3v) is 3.24. The molecule has 0 aliphatic heterocycles. The van der Waals surface area contributed by atoms with Crippen LogP contribution in [0.2, 0.25) is 0 Å². The largest absolute Gasteiger partial charge is 0.381 e. The van der Waals surface area contributed by atoms with Crippen LogP contribution < -0.4 is 0 Å². The predicted octanol–water partition coefficient (Wildman–Crippen LogP) is 3.86. The fourth-order valence-electron chi connectivity index (χ4n) is 0.920. The van der Waals surface area contributed by atoms with Crippen LogP contribution in [0.25, 0.3) is 0 Å². The Morgan fingerprint density at radius 1 is 1.00 bits per heavy atom. The highest BCUT2D eigenvalue weighted by Crippen LogP contribution is 2.15. The molecule has 0 N–H and O–H groups in total. The molecule has 0 heterocycles. The second kappa shape index (κ2) is 7.81. The molecule has 0 radical (unpaired) electrons. The minimum absolute atomic E-state index is 0.598. The number of hydrogen-bond acceptors (Lipinski definition) is 1. The van der Waals surface area contributed by atoms with Crippen molar-refractivity contribution in [2.75, 3.05) is 13.2 Å². The smallest absolute Gasteiger partial charge is 0.0468 e. The highest BCUT2D eigenvalue weighted by Gasteiger charge is 2.07. The first-order chi connectivity index (χ1) is 6.04. The number of ether oxygens (including phenoxy) is 1. The molecule has 0 amide bonds. The molecule has 0 rings (SSSR count). The van der Waals surface area contributed by atoms with Crippen LogP contribution in [-0.4, -0.2) is 18.0 Å². The molecule has 2 atom stereocenters. The van der Waals surface area contributed by atoms with E-state index in [1.54, 1.807) is 0 Å². The van der Waals surface area contributed by atoms with Gasteiger partial charge < -0.3 is 4.74 Å². The van der Waals surface area contributed by atoms with Gasteiger partial charge in [0.25, 0.3) is 0 Å². The van der Waals surface area contributed by atoms with Crippen molar-refractivity contribution in [3.05, 3.63) is 0 Å². The monoisotopic (exact) mass is 250 g/mol. The normalized spacial score (nSPS) is 16.2. The zero-order chi connectivity index (χ0) is 10.3. The van der Waals surface area contributed by atoms with Crippen LogP contribution in [0, 0.1) is 11.8 Å². The minimum atomic E-state index is 0.598. The van der Waals surface area contributed by atoms with E-state index in [1.807, 2.05) is 0 Å². The number of alkyl halides is 1. The third-order valence-electron chi connectivity index (χ3n) is 2.34. The van der Waals surface area contributed by atoms with Gasteiger partial charge in [0, 0.05) is 18.0 Å². The summed E-state index contributed by atoms with van der Waals surface area (Å²) < 4.78 is 5.54. The lowest BCUT2D eigenvalue weighted by atomic mass is 10.1. The van der Waals surface area contributed by atoms with Gasteiger partial charge in [-0.05, 0) is 24.7 Å². The van der Waals surface area contributed by atoms with Crippen molar-refractivity contribution in [2.24, 2.45) is 11.8 Å². The fourth-order valence-corrected chi connectivity index (χ4v) is 1.18. The first-order valence-corrected chi connectivity index (χ1v) is 6.17. The molecule has 0 saturated carbocycles. The van der Waals surface area contributed by atoms with Crippen LogP contribution in [0.4, 0.5) is 0 Å². The molecule has 0 aromatic heterocycles. The summed E-state index contributed by atoms with van der Waals surface area (Å²) in [6.45, 7) is 10.7. The zero-order valence-corrected chi connectivity index (χ0v) is 10.9. The summed E-state index contributed by atoms with van der Waals surface area (Å²) in [6.07, 6.45) is 2.34. The maximum Gasteiger partial charge on any atom is 0.0468 e. The van der Waals surface area contributed by atoms with E-state index in [1.165, 1.54) is 6.42 Å². The Labute approximate surface area is 91.4 Å². The molecule has 0 spiro atoms. The van der Waals surface area contributed by atoms with Crippen molar-refractivity contribution < 1.29 is 4.74 Å². The van der Waals surface area contributed by atoms with Crippen molar-refractivity contribution in [1.29, 1.82) is 0 Å². The molecule has 13 heavy (non-hydrogen) atoms. The lowest BCUT2D eigenvalue weighted by Crippen LogP contribution is -2.10. The Kier molecular flexibility index (Phi) is 8.07. The van der Waals surface area contributed by atoms with Gasteiger partial charge in [-0.2, -0.15) is 0 Å². The predicted molar refractivity (Wildman–Crippen MR) is 62.4 cm³/mol. The second-order valence-corrected chi connectivity index (χ2v) is 5.68. The van der Waals surface area contributed by atoms with E-state index in [-0.39, 0.29) is 0 Å². The van der Waals surface area contributed by atoms with Crippen LogP contribution >= 0.6 is 15.9 Å². The van der Waals surface area contributed by atoms with Crippen molar-refractivity contribution in [1.82, 2.24) is 0 Å². The molecule has 0 aromatic carbocycles. The van der Waals surface area contributed by atoms with Crippen molar-refractivity contribution in [3.63, 3.8) is 0 Å². The molecular formula is C11H23BrO. The van der Waals surface area contributed by atoms with E-state index in [0.717, 1.165) is 25.6 Å². The molecule has 0 saturated heterocycles. The molecule has 0 aliphatic rings. The summed E-state index contributed by atoms with van der Waals surface area (Å²) in [5.41, 5.74) is 0. The van der Waals surface area contributed by atoms with Gasteiger partial charge in [-0.3, -0.25) is 0 Å². The van der Waals surface area contributed by atoms with E-state index in [4.69, 9.17) is 4.74 Å². The van der Waals surface area contributed by atoms with Crippen LogP contribution in [0.15, 0.2) is 0 Å². The quantitative estimate of drug-likeness (QED) is 0.493. The Bertz CT molecular complexity index is 113. The van der Waals surface area contributed by atoms with Gasteiger partial charge in [0.1, 0.15) is 0 Å². The van der Waals surface area contributed by atoms with E-state index in [9.17, 15) is 0 Å². The summed E-state index contributed by atoms with van der Waals surface area (Å²) in [4.78, 5) is 0.598. The van der Waals surface area contributed by atoms with Gasteiger partial charge in [0.15, 0.2) is 0 Å². The van der Waals surface area contributed by atoms with Gasteiger partial charge >= 0.3 is 0 Å². The molecule has 1 nitrogen and oxygen atoms in total. The summed E-state index contributed by atoms with van der Waals surface area (Å²) >= 11 is 3.58. The Morgan fingerprint density at radius 2 is 1.54 bits per heavy atom. The van der Waals surface area contributed by atoms with Crippen molar-refractivity contribution in [3.8, 4) is 0 Å².